The standard InChI is InChI=1S/C14H15N3O3S/c18-12-5-6-13(19)17(15-12)9-14(20)16(10-3-4-10)8-11-2-1-7-21-11/h1-2,5-7,10H,3-4,8-9H2,(H,15,18). The molecule has 7 heteroatoms. The summed E-state index contributed by atoms with van der Waals surface area (Å²) in [4.78, 5) is 38.3. The number of amides is 1. The van der Waals surface area contributed by atoms with Gasteiger partial charge in [0.05, 0.1) is 6.54 Å². The fourth-order valence-electron chi connectivity index (χ4n) is 2.18. The van der Waals surface area contributed by atoms with E-state index in [9.17, 15) is 14.4 Å². The van der Waals surface area contributed by atoms with Gasteiger partial charge in [0.1, 0.15) is 6.54 Å². The molecule has 0 unspecified atom stereocenters. The van der Waals surface area contributed by atoms with Crippen LogP contribution in [-0.4, -0.2) is 26.6 Å². The lowest BCUT2D eigenvalue weighted by atomic mass is 10.3. The Balaban J connectivity index is 1.77. The molecule has 1 N–H and O–H groups in total. The van der Waals surface area contributed by atoms with Crippen molar-refractivity contribution in [2.24, 2.45) is 0 Å². The normalized spacial score (nSPS) is 14.1. The van der Waals surface area contributed by atoms with E-state index in [-0.39, 0.29) is 24.1 Å². The SMILES string of the molecule is O=C(Cn1[nH]c(=O)ccc1=O)N(Cc1cccs1)C1CC1. The Morgan fingerprint density at radius 3 is 2.81 bits per heavy atom. The first-order valence-electron chi connectivity index (χ1n) is 6.75. The van der Waals surface area contributed by atoms with E-state index >= 15 is 0 Å². The molecule has 3 rings (SSSR count). The molecule has 0 aliphatic heterocycles. The summed E-state index contributed by atoms with van der Waals surface area (Å²) in [5, 5.41) is 4.36. The number of aromatic nitrogens is 2. The third kappa shape index (κ3) is 3.30. The van der Waals surface area contributed by atoms with Crippen molar-refractivity contribution >= 4 is 17.2 Å². The van der Waals surface area contributed by atoms with Crippen molar-refractivity contribution in [1.82, 2.24) is 14.7 Å². The molecule has 0 radical (unpaired) electrons. The van der Waals surface area contributed by atoms with Crippen LogP contribution in [0.2, 0.25) is 0 Å². The number of aromatic amines is 1. The summed E-state index contributed by atoms with van der Waals surface area (Å²) in [6.07, 6.45) is 1.99. The van der Waals surface area contributed by atoms with Crippen molar-refractivity contribution in [3.05, 3.63) is 55.2 Å². The minimum atomic E-state index is -0.390. The number of hydrogen-bond acceptors (Lipinski definition) is 4. The molecule has 110 valence electrons. The van der Waals surface area contributed by atoms with Crippen LogP contribution in [0.25, 0.3) is 0 Å². The number of H-pyrrole nitrogens is 1. The van der Waals surface area contributed by atoms with Crippen LogP contribution in [0.4, 0.5) is 0 Å². The van der Waals surface area contributed by atoms with E-state index in [2.05, 4.69) is 5.10 Å². The molecule has 2 aromatic heterocycles. The maximum Gasteiger partial charge on any atom is 0.265 e. The molecular formula is C14H15N3O3S. The predicted octanol–water partition coefficient (Wildman–Crippen LogP) is 0.789. The Hall–Kier alpha value is -2.15. The summed E-state index contributed by atoms with van der Waals surface area (Å²) in [7, 11) is 0. The van der Waals surface area contributed by atoms with E-state index in [1.165, 1.54) is 6.07 Å². The van der Waals surface area contributed by atoms with Gasteiger partial charge in [-0.3, -0.25) is 19.5 Å². The van der Waals surface area contributed by atoms with Crippen LogP contribution >= 0.6 is 11.3 Å². The van der Waals surface area contributed by atoms with Crippen molar-refractivity contribution in [1.29, 1.82) is 0 Å². The van der Waals surface area contributed by atoms with Crippen molar-refractivity contribution in [3.63, 3.8) is 0 Å². The number of hydrogen-bond donors (Lipinski definition) is 1. The zero-order valence-corrected chi connectivity index (χ0v) is 12.1. The average Bonchev–Trinajstić information content (AvgIpc) is 3.16. The summed E-state index contributed by atoms with van der Waals surface area (Å²) < 4.78 is 1.06. The second-order valence-corrected chi connectivity index (χ2v) is 6.10. The molecule has 0 atom stereocenters. The average molecular weight is 305 g/mol. The van der Waals surface area contributed by atoms with E-state index in [1.807, 2.05) is 17.5 Å². The van der Waals surface area contributed by atoms with Gasteiger partial charge in [-0.05, 0) is 24.3 Å². The molecule has 0 saturated heterocycles. The number of nitrogens with one attached hydrogen (secondary N) is 1. The van der Waals surface area contributed by atoms with Gasteiger partial charge in [0.2, 0.25) is 5.91 Å². The molecule has 1 aliphatic carbocycles. The Kier molecular flexibility index (Phi) is 3.74. The summed E-state index contributed by atoms with van der Waals surface area (Å²) in [6, 6.07) is 6.53. The number of thiophene rings is 1. The minimum absolute atomic E-state index is 0.128. The summed E-state index contributed by atoms with van der Waals surface area (Å²) in [5.41, 5.74) is -0.770. The van der Waals surface area contributed by atoms with Crippen LogP contribution in [0.5, 0.6) is 0 Å². The lowest BCUT2D eigenvalue weighted by Crippen LogP contribution is -2.39. The van der Waals surface area contributed by atoms with Gasteiger partial charge in [-0.2, -0.15) is 0 Å². The highest BCUT2D eigenvalue weighted by Crippen LogP contribution is 2.29. The third-order valence-corrected chi connectivity index (χ3v) is 4.26. The van der Waals surface area contributed by atoms with Gasteiger partial charge in [-0.1, -0.05) is 6.07 Å². The largest absolute Gasteiger partial charge is 0.333 e. The van der Waals surface area contributed by atoms with Gasteiger partial charge in [0.25, 0.3) is 11.1 Å². The zero-order chi connectivity index (χ0) is 14.8. The van der Waals surface area contributed by atoms with Crippen molar-refractivity contribution < 1.29 is 4.79 Å². The molecule has 6 nitrogen and oxygen atoms in total. The lowest BCUT2D eigenvalue weighted by Gasteiger charge is -2.22. The van der Waals surface area contributed by atoms with E-state index in [0.717, 1.165) is 28.5 Å². The fourth-order valence-corrected chi connectivity index (χ4v) is 2.89. The van der Waals surface area contributed by atoms with Gasteiger partial charge in [0, 0.05) is 23.1 Å². The van der Waals surface area contributed by atoms with Crippen LogP contribution in [0.1, 0.15) is 17.7 Å². The number of rotatable bonds is 5. The van der Waals surface area contributed by atoms with E-state index in [0.29, 0.717) is 6.54 Å². The van der Waals surface area contributed by atoms with E-state index in [1.54, 1.807) is 16.2 Å². The summed E-state index contributed by atoms with van der Waals surface area (Å²) in [5.74, 6) is -0.144. The third-order valence-electron chi connectivity index (χ3n) is 3.40. The van der Waals surface area contributed by atoms with Crippen LogP contribution < -0.4 is 11.1 Å². The van der Waals surface area contributed by atoms with Crippen LogP contribution in [0.3, 0.4) is 0 Å². The second-order valence-electron chi connectivity index (χ2n) is 5.07. The maximum absolute atomic E-state index is 12.4. The highest BCUT2D eigenvalue weighted by atomic mass is 32.1. The highest BCUT2D eigenvalue weighted by molar-refractivity contribution is 7.09. The first kappa shape index (κ1) is 13.8. The van der Waals surface area contributed by atoms with Crippen molar-refractivity contribution in [2.45, 2.75) is 32.0 Å². The Bertz CT molecular complexity index is 743. The fraction of sp³-hybridized carbons (Fsp3) is 0.357. The molecule has 0 bridgehead atoms. The molecule has 0 aromatic carbocycles. The Morgan fingerprint density at radius 2 is 2.14 bits per heavy atom. The minimum Gasteiger partial charge on any atom is -0.333 e. The molecule has 2 heterocycles. The van der Waals surface area contributed by atoms with E-state index < -0.39 is 5.56 Å². The Labute approximate surface area is 124 Å². The quantitative estimate of drug-likeness (QED) is 0.887. The topological polar surface area (TPSA) is 75.2 Å². The first-order valence-corrected chi connectivity index (χ1v) is 7.63. The first-order chi connectivity index (χ1) is 10.1. The van der Waals surface area contributed by atoms with Crippen molar-refractivity contribution in [3.8, 4) is 0 Å². The molecular weight excluding hydrogens is 290 g/mol. The van der Waals surface area contributed by atoms with Gasteiger partial charge in [-0.15, -0.1) is 11.3 Å². The molecule has 2 aromatic rings. The van der Waals surface area contributed by atoms with Gasteiger partial charge >= 0.3 is 0 Å². The molecule has 0 spiro atoms. The van der Waals surface area contributed by atoms with Crippen molar-refractivity contribution in [2.75, 3.05) is 0 Å². The summed E-state index contributed by atoms with van der Waals surface area (Å²) in [6.45, 7) is 0.434. The maximum atomic E-state index is 12.4. The smallest absolute Gasteiger partial charge is 0.265 e. The number of carbonyl (C=O) groups excluding carboxylic acids is 1. The Morgan fingerprint density at radius 1 is 1.33 bits per heavy atom. The number of carbonyl (C=O) groups is 1. The van der Waals surface area contributed by atoms with Crippen LogP contribution in [0, 0.1) is 0 Å². The highest BCUT2D eigenvalue weighted by Gasteiger charge is 2.32. The number of nitrogens with zero attached hydrogens (tertiary/aromatic N) is 2. The second kappa shape index (κ2) is 5.69. The molecule has 1 saturated carbocycles. The molecule has 21 heavy (non-hydrogen) atoms. The van der Waals surface area contributed by atoms with E-state index in [4.69, 9.17) is 0 Å². The van der Waals surface area contributed by atoms with Gasteiger partial charge in [-0.25, -0.2) is 4.68 Å². The van der Waals surface area contributed by atoms with Gasteiger partial charge < -0.3 is 4.90 Å². The van der Waals surface area contributed by atoms with Crippen LogP contribution in [-0.2, 0) is 17.9 Å². The molecule has 1 amide bonds. The molecule has 1 aliphatic rings. The van der Waals surface area contributed by atoms with Gasteiger partial charge in [0.15, 0.2) is 0 Å². The zero-order valence-electron chi connectivity index (χ0n) is 11.3. The van der Waals surface area contributed by atoms with Crippen LogP contribution in [0.15, 0.2) is 39.2 Å². The lowest BCUT2D eigenvalue weighted by molar-refractivity contribution is -0.133. The monoisotopic (exact) mass is 305 g/mol. The predicted molar refractivity (Wildman–Crippen MR) is 79.2 cm³/mol. The molecule has 1 fully saturated rings. The summed E-state index contributed by atoms with van der Waals surface area (Å²) >= 11 is 1.61.